The molecule has 126 valence electrons. The molecule has 2 heterocycles. The predicted molar refractivity (Wildman–Crippen MR) is 86.6 cm³/mol. The van der Waals surface area contributed by atoms with E-state index >= 15 is 0 Å². The maximum Gasteiger partial charge on any atom is 0.312 e. The number of hydrogen-bond donors (Lipinski definition) is 3. The maximum absolute atomic E-state index is 12.6. The molecule has 8 nitrogen and oxygen atoms in total. The van der Waals surface area contributed by atoms with Crippen molar-refractivity contribution in [1.29, 1.82) is 0 Å². The second kappa shape index (κ2) is 7.75. The van der Waals surface area contributed by atoms with Crippen LogP contribution in [-0.4, -0.2) is 52.2 Å². The summed E-state index contributed by atoms with van der Waals surface area (Å²) in [5.41, 5.74) is 5.16. The first-order chi connectivity index (χ1) is 11.0. The number of primary amides is 1. The van der Waals surface area contributed by atoms with Crippen LogP contribution in [0.1, 0.15) is 26.7 Å². The van der Waals surface area contributed by atoms with Crippen LogP contribution in [0, 0.1) is 5.92 Å². The Balaban J connectivity index is 1.87. The summed E-state index contributed by atoms with van der Waals surface area (Å²) in [7, 11) is 0. The monoisotopic (exact) mass is 320 g/mol. The zero-order chi connectivity index (χ0) is 16.8. The third-order valence-electron chi connectivity index (χ3n) is 3.96. The van der Waals surface area contributed by atoms with E-state index in [-0.39, 0.29) is 17.9 Å². The van der Waals surface area contributed by atoms with Crippen molar-refractivity contribution in [1.82, 2.24) is 20.4 Å². The van der Waals surface area contributed by atoms with Crippen LogP contribution in [0.25, 0.3) is 0 Å². The molecule has 23 heavy (non-hydrogen) atoms. The average Bonchev–Trinajstić information content (AvgIpc) is 2.53. The minimum atomic E-state index is -0.670. The number of nitrogens with zero attached hydrogens (tertiary/aromatic N) is 3. The van der Waals surface area contributed by atoms with E-state index in [1.54, 1.807) is 11.1 Å². The van der Waals surface area contributed by atoms with Crippen molar-refractivity contribution in [3.05, 3.63) is 18.3 Å². The van der Waals surface area contributed by atoms with E-state index < -0.39 is 12.1 Å². The van der Waals surface area contributed by atoms with Crippen molar-refractivity contribution in [3.8, 4) is 0 Å². The Kier molecular flexibility index (Phi) is 5.72. The summed E-state index contributed by atoms with van der Waals surface area (Å²) in [6.07, 6.45) is 3.28. The Morgan fingerprint density at radius 3 is 2.57 bits per heavy atom. The highest BCUT2D eigenvalue weighted by Gasteiger charge is 2.30. The Labute approximate surface area is 135 Å². The second-order valence-electron chi connectivity index (χ2n) is 6.08. The molecule has 1 atom stereocenters. The summed E-state index contributed by atoms with van der Waals surface area (Å²) in [6, 6.07) is 2.72. The molecule has 1 aliphatic heterocycles. The van der Waals surface area contributed by atoms with Crippen LogP contribution in [0.3, 0.4) is 0 Å². The number of rotatable bonds is 5. The Bertz CT molecular complexity index is 528. The molecule has 4 N–H and O–H groups in total. The van der Waals surface area contributed by atoms with E-state index in [1.165, 1.54) is 0 Å². The van der Waals surface area contributed by atoms with E-state index in [9.17, 15) is 9.59 Å². The van der Waals surface area contributed by atoms with Crippen molar-refractivity contribution < 1.29 is 9.59 Å². The fourth-order valence-electron chi connectivity index (χ4n) is 2.70. The number of likely N-dealkylation sites (tertiary alicyclic amines) is 1. The van der Waals surface area contributed by atoms with Gasteiger partial charge in [-0.3, -0.25) is 4.79 Å². The fraction of sp³-hybridized carbons (Fsp3) is 0.600. The van der Waals surface area contributed by atoms with E-state index in [2.05, 4.69) is 20.8 Å². The van der Waals surface area contributed by atoms with Gasteiger partial charge in [0.15, 0.2) is 0 Å². The third kappa shape index (κ3) is 4.80. The zero-order valence-electron chi connectivity index (χ0n) is 13.5. The lowest BCUT2D eigenvalue weighted by atomic mass is 9.99. The van der Waals surface area contributed by atoms with Crippen LogP contribution in [0.15, 0.2) is 18.3 Å². The number of anilines is 1. The van der Waals surface area contributed by atoms with Gasteiger partial charge in [-0.25, -0.2) is 4.79 Å². The molecule has 0 radical (unpaired) electrons. The van der Waals surface area contributed by atoms with Gasteiger partial charge in [0.05, 0.1) is 0 Å². The van der Waals surface area contributed by atoms with Crippen molar-refractivity contribution in [2.75, 3.05) is 18.4 Å². The standard InChI is InChI=1S/C15H24N6O2/c1-10(2)13(19-15(16)23)14(22)21-8-5-11(6-9-21)18-12-4-3-7-17-20-12/h3-4,7,10-11,13H,5-6,8-9H2,1-2H3,(H,18,20)(H3,16,19,23). The molecular formula is C15H24N6O2. The van der Waals surface area contributed by atoms with Crippen molar-refractivity contribution in [2.24, 2.45) is 11.7 Å². The number of hydrogen-bond acceptors (Lipinski definition) is 5. The van der Waals surface area contributed by atoms with E-state index in [0.717, 1.165) is 18.7 Å². The molecule has 1 saturated heterocycles. The molecule has 0 saturated carbocycles. The van der Waals surface area contributed by atoms with Crippen LogP contribution in [0.4, 0.5) is 10.6 Å². The lowest BCUT2D eigenvalue weighted by Crippen LogP contribution is -2.54. The average molecular weight is 320 g/mol. The van der Waals surface area contributed by atoms with Crippen LogP contribution in [-0.2, 0) is 4.79 Å². The topological polar surface area (TPSA) is 113 Å². The summed E-state index contributed by atoms with van der Waals surface area (Å²) in [4.78, 5) is 25.4. The smallest absolute Gasteiger partial charge is 0.312 e. The highest BCUT2D eigenvalue weighted by molar-refractivity contribution is 5.86. The van der Waals surface area contributed by atoms with E-state index in [1.807, 2.05) is 26.0 Å². The summed E-state index contributed by atoms with van der Waals surface area (Å²) in [6.45, 7) is 5.06. The van der Waals surface area contributed by atoms with Gasteiger partial charge in [0.25, 0.3) is 0 Å². The molecular weight excluding hydrogens is 296 g/mol. The summed E-state index contributed by atoms with van der Waals surface area (Å²) in [5.74, 6) is 0.662. The van der Waals surface area contributed by atoms with Gasteiger partial charge in [-0.2, -0.15) is 5.10 Å². The molecule has 1 unspecified atom stereocenters. The number of carbonyl (C=O) groups is 2. The quantitative estimate of drug-likeness (QED) is 0.734. The van der Waals surface area contributed by atoms with Gasteiger partial charge in [0.1, 0.15) is 11.9 Å². The normalized spacial score (nSPS) is 16.9. The summed E-state index contributed by atoms with van der Waals surface area (Å²) in [5, 5.41) is 13.7. The van der Waals surface area contributed by atoms with Crippen molar-refractivity contribution in [2.45, 2.75) is 38.8 Å². The Morgan fingerprint density at radius 1 is 1.35 bits per heavy atom. The molecule has 0 aromatic carbocycles. The third-order valence-corrected chi connectivity index (χ3v) is 3.96. The fourth-order valence-corrected chi connectivity index (χ4v) is 2.70. The molecule has 1 fully saturated rings. The second-order valence-corrected chi connectivity index (χ2v) is 6.08. The van der Waals surface area contributed by atoms with Gasteiger partial charge < -0.3 is 21.3 Å². The van der Waals surface area contributed by atoms with Gasteiger partial charge in [-0.1, -0.05) is 13.8 Å². The van der Waals surface area contributed by atoms with E-state index in [4.69, 9.17) is 5.73 Å². The molecule has 8 heteroatoms. The first-order valence-corrected chi connectivity index (χ1v) is 7.86. The lowest BCUT2D eigenvalue weighted by molar-refractivity contribution is -0.135. The van der Waals surface area contributed by atoms with Gasteiger partial charge in [-0.15, -0.1) is 5.10 Å². The van der Waals surface area contributed by atoms with Gasteiger partial charge in [-0.05, 0) is 30.9 Å². The molecule has 1 aromatic rings. The zero-order valence-corrected chi connectivity index (χ0v) is 13.5. The number of amides is 3. The molecule has 2 rings (SSSR count). The Hall–Kier alpha value is -2.38. The first-order valence-electron chi connectivity index (χ1n) is 7.86. The summed E-state index contributed by atoms with van der Waals surface area (Å²) >= 11 is 0. The minimum Gasteiger partial charge on any atom is -0.366 e. The van der Waals surface area contributed by atoms with Gasteiger partial charge >= 0.3 is 6.03 Å². The number of urea groups is 1. The number of carbonyl (C=O) groups excluding carboxylic acids is 2. The SMILES string of the molecule is CC(C)C(NC(N)=O)C(=O)N1CCC(Nc2cccnn2)CC1. The molecule has 0 bridgehead atoms. The highest BCUT2D eigenvalue weighted by atomic mass is 16.2. The van der Waals surface area contributed by atoms with Crippen LogP contribution in [0.2, 0.25) is 0 Å². The molecule has 1 aromatic heterocycles. The number of nitrogens with one attached hydrogen (secondary N) is 2. The lowest BCUT2D eigenvalue weighted by Gasteiger charge is -2.35. The van der Waals surface area contributed by atoms with Gasteiger partial charge in [0.2, 0.25) is 5.91 Å². The van der Waals surface area contributed by atoms with E-state index in [0.29, 0.717) is 13.1 Å². The molecule has 1 aliphatic rings. The Morgan fingerprint density at radius 2 is 2.04 bits per heavy atom. The number of nitrogens with two attached hydrogens (primary N) is 1. The highest BCUT2D eigenvalue weighted by Crippen LogP contribution is 2.17. The van der Waals surface area contributed by atoms with Crippen molar-refractivity contribution >= 4 is 17.8 Å². The summed E-state index contributed by atoms with van der Waals surface area (Å²) < 4.78 is 0. The maximum atomic E-state index is 12.6. The van der Waals surface area contributed by atoms with Crippen LogP contribution >= 0.6 is 0 Å². The first kappa shape index (κ1) is 17.0. The van der Waals surface area contributed by atoms with Crippen molar-refractivity contribution in [3.63, 3.8) is 0 Å². The molecule has 0 aliphatic carbocycles. The van der Waals surface area contributed by atoms with Crippen LogP contribution in [0.5, 0.6) is 0 Å². The van der Waals surface area contributed by atoms with Gasteiger partial charge in [0, 0.05) is 25.3 Å². The van der Waals surface area contributed by atoms with Crippen LogP contribution < -0.4 is 16.4 Å². The predicted octanol–water partition coefficient (Wildman–Crippen LogP) is 0.572. The minimum absolute atomic E-state index is 0.00885. The molecule has 3 amide bonds. The number of aromatic nitrogens is 2. The number of piperidine rings is 1. The molecule has 0 spiro atoms. The largest absolute Gasteiger partial charge is 0.366 e.